The van der Waals surface area contributed by atoms with E-state index >= 15 is 0 Å². The van der Waals surface area contributed by atoms with Crippen molar-refractivity contribution >= 4 is 5.82 Å². The lowest BCUT2D eigenvalue weighted by Crippen LogP contribution is -2.24. The monoisotopic (exact) mass is 272 g/mol. The molecule has 1 rings (SSSR count). The maximum Gasteiger partial charge on any atom is 0.416 e. The normalized spacial score (nSPS) is 14.4. The fraction of sp³-hybridized carbons (Fsp3) is 0.500. The molecule has 0 aromatic carbocycles. The van der Waals surface area contributed by atoms with Crippen molar-refractivity contribution in [3.63, 3.8) is 0 Å². The predicted octanol–water partition coefficient (Wildman–Crippen LogP) is 3.85. The van der Waals surface area contributed by atoms with Gasteiger partial charge >= 0.3 is 12.4 Å². The molecule has 2 nitrogen and oxygen atoms in total. The van der Waals surface area contributed by atoms with E-state index in [-0.39, 0.29) is 5.82 Å². The summed E-state index contributed by atoms with van der Waals surface area (Å²) in [7, 11) is 0. The maximum absolute atomic E-state index is 12.3. The van der Waals surface area contributed by atoms with E-state index in [2.05, 4.69) is 10.3 Å². The Bertz CT molecular complexity index is 398. The van der Waals surface area contributed by atoms with Crippen molar-refractivity contribution in [3.8, 4) is 0 Å². The van der Waals surface area contributed by atoms with E-state index in [9.17, 15) is 26.3 Å². The zero-order valence-corrected chi connectivity index (χ0v) is 9.23. The van der Waals surface area contributed by atoms with Crippen LogP contribution < -0.4 is 5.32 Å². The molecule has 0 radical (unpaired) electrons. The number of rotatable bonds is 3. The van der Waals surface area contributed by atoms with Crippen molar-refractivity contribution in [1.29, 1.82) is 0 Å². The second-order valence-electron chi connectivity index (χ2n) is 3.79. The Labute approximate surface area is 99.0 Å². The summed E-state index contributed by atoms with van der Waals surface area (Å²) in [6.07, 6.45) is -9.18. The minimum Gasteiger partial charge on any atom is -0.367 e. The minimum absolute atomic E-state index is 0.235. The highest BCUT2D eigenvalue weighted by atomic mass is 19.4. The first-order valence-electron chi connectivity index (χ1n) is 4.94. The number of hydrogen-bond acceptors (Lipinski definition) is 2. The van der Waals surface area contributed by atoms with Crippen LogP contribution in [0.1, 0.15) is 18.9 Å². The van der Waals surface area contributed by atoms with Crippen LogP contribution in [0.4, 0.5) is 32.2 Å². The van der Waals surface area contributed by atoms with Gasteiger partial charge in [-0.25, -0.2) is 4.98 Å². The molecule has 1 atom stereocenters. The van der Waals surface area contributed by atoms with Crippen molar-refractivity contribution in [2.24, 2.45) is 0 Å². The van der Waals surface area contributed by atoms with Gasteiger partial charge in [-0.3, -0.25) is 0 Å². The van der Waals surface area contributed by atoms with Gasteiger partial charge in [0, 0.05) is 12.2 Å². The Balaban J connectivity index is 2.74. The Morgan fingerprint density at radius 1 is 1.22 bits per heavy atom. The molecule has 0 spiro atoms. The first kappa shape index (κ1) is 14.6. The first-order valence-corrected chi connectivity index (χ1v) is 4.94. The highest BCUT2D eigenvalue weighted by Gasteiger charge is 2.32. The Hall–Kier alpha value is -1.47. The Morgan fingerprint density at radius 3 is 2.33 bits per heavy atom. The molecule has 0 aliphatic heterocycles. The molecule has 18 heavy (non-hydrogen) atoms. The van der Waals surface area contributed by atoms with E-state index < -0.39 is 30.4 Å². The van der Waals surface area contributed by atoms with E-state index in [1.54, 1.807) is 0 Å². The average molecular weight is 272 g/mol. The van der Waals surface area contributed by atoms with Crippen molar-refractivity contribution < 1.29 is 26.3 Å². The third-order valence-electron chi connectivity index (χ3n) is 2.02. The number of hydrogen-bond donors (Lipinski definition) is 1. The van der Waals surface area contributed by atoms with E-state index in [1.807, 2.05) is 0 Å². The lowest BCUT2D eigenvalue weighted by atomic mass is 10.2. The van der Waals surface area contributed by atoms with Gasteiger partial charge in [-0.2, -0.15) is 26.3 Å². The van der Waals surface area contributed by atoms with Crippen LogP contribution in [-0.4, -0.2) is 17.2 Å². The zero-order chi connectivity index (χ0) is 14.0. The van der Waals surface area contributed by atoms with Gasteiger partial charge in [-0.1, -0.05) is 0 Å². The Morgan fingerprint density at radius 2 is 1.83 bits per heavy atom. The van der Waals surface area contributed by atoms with E-state index in [1.165, 1.54) is 6.92 Å². The number of pyridine rings is 1. The van der Waals surface area contributed by atoms with Crippen LogP contribution in [0.15, 0.2) is 18.3 Å². The number of anilines is 1. The largest absolute Gasteiger partial charge is 0.416 e. The van der Waals surface area contributed by atoms with Gasteiger partial charge in [-0.05, 0) is 19.1 Å². The van der Waals surface area contributed by atoms with Crippen molar-refractivity contribution in [1.82, 2.24) is 4.98 Å². The molecule has 0 amide bonds. The minimum atomic E-state index is -4.55. The molecule has 1 aromatic rings. The molecular weight excluding hydrogens is 262 g/mol. The van der Waals surface area contributed by atoms with Crippen LogP contribution >= 0.6 is 0 Å². The second kappa shape index (κ2) is 5.03. The van der Waals surface area contributed by atoms with Crippen LogP contribution in [0.3, 0.4) is 0 Å². The smallest absolute Gasteiger partial charge is 0.367 e. The molecular formula is C10H10F6N2. The summed E-state index contributed by atoms with van der Waals surface area (Å²) in [5.41, 5.74) is -0.959. The molecule has 0 bridgehead atoms. The van der Waals surface area contributed by atoms with Gasteiger partial charge in [0.2, 0.25) is 0 Å². The Kier molecular flexibility index (Phi) is 4.08. The topological polar surface area (TPSA) is 24.9 Å². The molecule has 1 N–H and O–H groups in total. The summed E-state index contributed by atoms with van der Waals surface area (Å²) in [5.74, 6) is -0.235. The van der Waals surface area contributed by atoms with Gasteiger partial charge in [0.05, 0.1) is 12.0 Å². The van der Waals surface area contributed by atoms with Gasteiger partial charge < -0.3 is 5.32 Å². The molecule has 102 valence electrons. The van der Waals surface area contributed by atoms with Gasteiger partial charge in [0.25, 0.3) is 0 Å². The lowest BCUT2D eigenvalue weighted by molar-refractivity contribution is -0.138. The highest BCUT2D eigenvalue weighted by molar-refractivity contribution is 5.39. The van der Waals surface area contributed by atoms with E-state index in [0.29, 0.717) is 6.07 Å². The van der Waals surface area contributed by atoms with E-state index in [0.717, 1.165) is 12.3 Å². The fourth-order valence-electron chi connectivity index (χ4n) is 1.34. The second-order valence-corrected chi connectivity index (χ2v) is 3.79. The highest BCUT2D eigenvalue weighted by Crippen LogP contribution is 2.30. The maximum atomic E-state index is 12.3. The molecule has 0 saturated heterocycles. The van der Waals surface area contributed by atoms with Crippen molar-refractivity contribution in [2.75, 3.05) is 5.32 Å². The number of nitrogens with zero attached hydrogens (tertiary/aromatic N) is 1. The van der Waals surface area contributed by atoms with Crippen LogP contribution in [0, 0.1) is 0 Å². The summed E-state index contributed by atoms with van der Waals surface area (Å²) >= 11 is 0. The third-order valence-corrected chi connectivity index (χ3v) is 2.02. The fourth-order valence-corrected chi connectivity index (χ4v) is 1.34. The molecule has 0 saturated carbocycles. The lowest BCUT2D eigenvalue weighted by Gasteiger charge is -2.17. The van der Waals surface area contributed by atoms with Crippen LogP contribution in [0.25, 0.3) is 0 Å². The van der Waals surface area contributed by atoms with Crippen LogP contribution in [0.5, 0.6) is 0 Å². The molecule has 1 heterocycles. The molecule has 0 fully saturated rings. The third kappa shape index (κ3) is 4.80. The van der Waals surface area contributed by atoms with Crippen molar-refractivity contribution in [3.05, 3.63) is 23.9 Å². The van der Waals surface area contributed by atoms with Gasteiger partial charge in [0.15, 0.2) is 0 Å². The summed E-state index contributed by atoms with van der Waals surface area (Å²) in [6, 6.07) is 0.368. The number of halogens is 6. The standard InChI is InChI=1S/C10H10F6N2/c1-6(5-9(11,12)13)18-8-4-7(2-3-17-8)10(14,15)16/h2-4,6H,5H2,1H3,(H,17,18). The number of alkyl halides is 6. The summed E-state index contributed by atoms with van der Waals surface area (Å²) in [4.78, 5) is 3.54. The first-order chi connectivity index (χ1) is 8.08. The summed E-state index contributed by atoms with van der Waals surface area (Å²) < 4.78 is 73.1. The molecule has 1 unspecified atom stereocenters. The quantitative estimate of drug-likeness (QED) is 0.845. The van der Waals surface area contributed by atoms with Gasteiger partial charge in [0.1, 0.15) is 5.82 Å². The van der Waals surface area contributed by atoms with Crippen LogP contribution in [-0.2, 0) is 6.18 Å². The van der Waals surface area contributed by atoms with Crippen molar-refractivity contribution in [2.45, 2.75) is 31.7 Å². The zero-order valence-electron chi connectivity index (χ0n) is 9.23. The average Bonchev–Trinajstić information content (AvgIpc) is 2.13. The summed E-state index contributed by atoms with van der Waals surface area (Å²) in [5, 5.41) is 2.28. The molecule has 0 aliphatic carbocycles. The molecule has 0 aliphatic rings. The summed E-state index contributed by atoms with van der Waals surface area (Å²) in [6.45, 7) is 1.22. The number of nitrogens with one attached hydrogen (secondary N) is 1. The molecule has 8 heteroatoms. The molecule has 1 aromatic heterocycles. The van der Waals surface area contributed by atoms with Gasteiger partial charge in [-0.15, -0.1) is 0 Å². The van der Waals surface area contributed by atoms with E-state index in [4.69, 9.17) is 0 Å². The predicted molar refractivity (Wildman–Crippen MR) is 53.0 cm³/mol. The van der Waals surface area contributed by atoms with Crippen LogP contribution in [0.2, 0.25) is 0 Å². The number of aromatic nitrogens is 1. The SMILES string of the molecule is CC(CC(F)(F)F)Nc1cc(C(F)(F)F)ccn1.